The maximum Gasteiger partial charge on any atom is 0.306 e. The molecule has 2 nitrogen and oxygen atoms in total. The van der Waals surface area contributed by atoms with Gasteiger partial charge in [0, 0.05) is 6.42 Å². The van der Waals surface area contributed by atoms with Gasteiger partial charge in [-0.2, -0.15) is 0 Å². The average molecular weight is 316 g/mol. The lowest BCUT2D eigenvalue weighted by atomic mass is 9.93. The molecule has 0 aliphatic heterocycles. The molecular weight excluding hydrogens is 291 g/mol. The minimum absolute atomic E-state index is 0.0390. The fourth-order valence-corrected chi connectivity index (χ4v) is 2.42. The molecule has 1 rings (SSSR count). The number of hydrogen-bond donors (Lipinski definition) is 0. The molecule has 124 valence electrons. The van der Waals surface area contributed by atoms with Crippen LogP contribution in [0.5, 0.6) is 0 Å². The molecule has 1 aromatic carbocycles. The van der Waals surface area contributed by atoms with Crippen LogP contribution in [0.1, 0.15) is 43.4 Å². The van der Waals surface area contributed by atoms with E-state index >= 15 is 0 Å². The summed E-state index contributed by atoms with van der Waals surface area (Å²) in [7, 11) is 0. The monoisotopic (exact) mass is 316 g/mol. The van der Waals surface area contributed by atoms with Crippen LogP contribution in [0.15, 0.2) is 48.3 Å². The predicted molar refractivity (Wildman–Crippen MR) is 93.8 cm³/mol. The number of rotatable bonds is 7. The van der Waals surface area contributed by atoms with Gasteiger partial charge in [0.15, 0.2) is 0 Å². The van der Waals surface area contributed by atoms with E-state index < -0.39 is 0 Å². The Morgan fingerprint density at radius 3 is 2.35 bits per heavy atom. The summed E-state index contributed by atoms with van der Waals surface area (Å²) < 4.78 is 19.1. The molecule has 0 bridgehead atoms. The fraction of sp³-hybridized carbons (Fsp3) is 0.350. The molecule has 1 aromatic rings. The van der Waals surface area contributed by atoms with Gasteiger partial charge in [0.05, 0.1) is 13.0 Å². The molecule has 23 heavy (non-hydrogen) atoms. The van der Waals surface area contributed by atoms with Crippen LogP contribution in [-0.2, 0) is 9.53 Å². The van der Waals surface area contributed by atoms with Gasteiger partial charge in [-0.1, -0.05) is 36.4 Å². The lowest BCUT2D eigenvalue weighted by Crippen LogP contribution is -2.03. The van der Waals surface area contributed by atoms with E-state index in [-0.39, 0.29) is 24.6 Å². The summed E-state index contributed by atoms with van der Waals surface area (Å²) in [5.41, 5.74) is 4.77. The third-order valence-corrected chi connectivity index (χ3v) is 3.36. The number of carbonyl (C=O) groups excluding carboxylic acids is 1. The van der Waals surface area contributed by atoms with Gasteiger partial charge in [-0.05, 0) is 56.0 Å². The number of carbonyl (C=O) groups is 1. The standard InChI is InChI=1S/C20H25FO2/c1-6-23-19(22)11-10-18(21)13-17(12-14(2)3)20-15(4)8-7-9-16(20)5/h7-9,12-13H,2,6,10-11H2,1,3-5H3/b17-12+,18-13-. The molecule has 0 aromatic heterocycles. The molecule has 3 heteroatoms. The summed E-state index contributed by atoms with van der Waals surface area (Å²) in [5.74, 6) is -0.721. The van der Waals surface area contributed by atoms with Crippen LogP contribution in [-0.4, -0.2) is 12.6 Å². The van der Waals surface area contributed by atoms with Crippen LogP contribution >= 0.6 is 0 Å². The molecule has 0 fully saturated rings. The SMILES string of the molecule is C=C(C)/C=C(\C=C(/F)CCC(=O)OCC)c1c(C)cccc1C. The van der Waals surface area contributed by atoms with Crippen LogP contribution in [0, 0.1) is 13.8 Å². The van der Waals surface area contributed by atoms with E-state index in [0.717, 1.165) is 27.8 Å². The molecule has 0 saturated heterocycles. The summed E-state index contributed by atoms with van der Waals surface area (Å²) >= 11 is 0. The van der Waals surface area contributed by atoms with Crippen LogP contribution in [0.2, 0.25) is 0 Å². The summed E-state index contributed by atoms with van der Waals surface area (Å²) in [6.45, 7) is 11.8. The first-order valence-electron chi connectivity index (χ1n) is 7.80. The highest BCUT2D eigenvalue weighted by Gasteiger charge is 2.10. The summed E-state index contributed by atoms with van der Waals surface area (Å²) in [5, 5.41) is 0. The Labute approximate surface area is 138 Å². The number of aryl methyl sites for hydroxylation is 2. The van der Waals surface area contributed by atoms with Gasteiger partial charge in [-0.25, -0.2) is 4.39 Å². The third kappa shape index (κ3) is 6.23. The first-order chi connectivity index (χ1) is 10.8. The van der Waals surface area contributed by atoms with Crippen LogP contribution in [0.25, 0.3) is 5.57 Å². The molecule has 0 aliphatic carbocycles. The lowest BCUT2D eigenvalue weighted by molar-refractivity contribution is -0.143. The van der Waals surface area contributed by atoms with E-state index in [1.807, 2.05) is 45.0 Å². The Hall–Kier alpha value is -2.16. The number of hydrogen-bond acceptors (Lipinski definition) is 2. The molecule has 0 unspecified atom stereocenters. The molecule has 0 radical (unpaired) electrons. The van der Waals surface area contributed by atoms with Gasteiger partial charge in [0.2, 0.25) is 0 Å². The first kappa shape index (κ1) is 18.9. The quantitative estimate of drug-likeness (QED) is 0.493. The molecule has 0 aliphatic rings. The highest BCUT2D eigenvalue weighted by Crippen LogP contribution is 2.27. The Bertz CT molecular complexity index is 619. The highest BCUT2D eigenvalue weighted by atomic mass is 19.1. The van der Waals surface area contributed by atoms with E-state index in [2.05, 4.69) is 6.58 Å². The van der Waals surface area contributed by atoms with Crippen LogP contribution in [0.3, 0.4) is 0 Å². The summed E-state index contributed by atoms with van der Waals surface area (Å²) in [6.07, 6.45) is 3.43. The van der Waals surface area contributed by atoms with Crippen molar-refractivity contribution in [2.24, 2.45) is 0 Å². The first-order valence-corrected chi connectivity index (χ1v) is 7.80. The second kappa shape index (κ2) is 9.09. The van der Waals surface area contributed by atoms with Gasteiger partial charge >= 0.3 is 5.97 Å². The molecule has 0 heterocycles. The topological polar surface area (TPSA) is 26.3 Å². The number of ether oxygens (including phenoxy) is 1. The van der Waals surface area contributed by atoms with Gasteiger partial charge in [-0.15, -0.1) is 0 Å². The van der Waals surface area contributed by atoms with Crippen molar-refractivity contribution in [1.29, 1.82) is 0 Å². The summed E-state index contributed by atoms with van der Waals surface area (Å²) in [6, 6.07) is 5.98. The fourth-order valence-electron chi connectivity index (χ4n) is 2.42. The van der Waals surface area contributed by atoms with Crippen LogP contribution in [0.4, 0.5) is 4.39 Å². The van der Waals surface area contributed by atoms with E-state index in [1.54, 1.807) is 6.92 Å². The van der Waals surface area contributed by atoms with E-state index in [0.29, 0.717) is 6.61 Å². The van der Waals surface area contributed by atoms with Crippen molar-refractivity contribution in [3.8, 4) is 0 Å². The van der Waals surface area contributed by atoms with Gasteiger partial charge < -0.3 is 4.74 Å². The number of esters is 1. The molecule has 0 spiro atoms. The molecule has 0 atom stereocenters. The van der Waals surface area contributed by atoms with Crippen molar-refractivity contribution >= 4 is 11.5 Å². The van der Waals surface area contributed by atoms with E-state index in [1.165, 1.54) is 6.08 Å². The largest absolute Gasteiger partial charge is 0.466 e. The van der Waals surface area contributed by atoms with Crippen LogP contribution < -0.4 is 0 Å². The van der Waals surface area contributed by atoms with Crippen molar-refractivity contribution in [3.63, 3.8) is 0 Å². The smallest absolute Gasteiger partial charge is 0.306 e. The maximum atomic E-state index is 14.2. The Morgan fingerprint density at radius 2 is 1.83 bits per heavy atom. The van der Waals surface area contributed by atoms with Crippen molar-refractivity contribution in [3.05, 3.63) is 65.0 Å². The zero-order valence-electron chi connectivity index (χ0n) is 14.4. The van der Waals surface area contributed by atoms with Crippen molar-refractivity contribution in [2.45, 2.75) is 40.5 Å². The van der Waals surface area contributed by atoms with E-state index in [4.69, 9.17) is 4.74 Å². The van der Waals surface area contributed by atoms with Gasteiger partial charge in [-0.3, -0.25) is 4.79 Å². The zero-order chi connectivity index (χ0) is 17.4. The Morgan fingerprint density at radius 1 is 1.22 bits per heavy atom. The molecule has 0 saturated carbocycles. The normalized spacial score (nSPS) is 12.2. The minimum Gasteiger partial charge on any atom is -0.466 e. The number of allylic oxidation sites excluding steroid dienone is 5. The third-order valence-electron chi connectivity index (χ3n) is 3.36. The zero-order valence-corrected chi connectivity index (χ0v) is 14.4. The minimum atomic E-state index is -0.381. The maximum absolute atomic E-state index is 14.2. The number of benzene rings is 1. The Kier molecular flexibility index (Phi) is 7.46. The highest BCUT2D eigenvalue weighted by molar-refractivity contribution is 5.80. The summed E-state index contributed by atoms with van der Waals surface area (Å²) in [4.78, 5) is 11.3. The van der Waals surface area contributed by atoms with Gasteiger partial charge in [0.1, 0.15) is 5.83 Å². The van der Waals surface area contributed by atoms with E-state index in [9.17, 15) is 9.18 Å². The Balaban J connectivity index is 3.07. The lowest BCUT2D eigenvalue weighted by Gasteiger charge is -2.12. The predicted octanol–water partition coefficient (Wildman–Crippen LogP) is 5.46. The van der Waals surface area contributed by atoms with Crippen molar-refractivity contribution < 1.29 is 13.9 Å². The average Bonchev–Trinajstić information content (AvgIpc) is 2.44. The molecular formula is C20H25FO2. The van der Waals surface area contributed by atoms with Gasteiger partial charge in [0.25, 0.3) is 0 Å². The number of halogens is 1. The molecule has 0 N–H and O–H groups in total. The second-order valence-electron chi connectivity index (χ2n) is 5.61. The van der Waals surface area contributed by atoms with Crippen molar-refractivity contribution in [2.75, 3.05) is 6.61 Å². The second-order valence-corrected chi connectivity index (χ2v) is 5.61. The molecule has 0 amide bonds. The van der Waals surface area contributed by atoms with Crippen molar-refractivity contribution in [1.82, 2.24) is 0 Å².